The van der Waals surface area contributed by atoms with Crippen LogP contribution in [0.3, 0.4) is 0 Å². The van der Waals surface area contributed by atoms with E-state index in [9.17, 15) is 18.8 Å². The zero-order valence-electron chi connectivity index (χ0n) is 17.3. The van der Waals surface area contributed by atoms with Crippen LogP contribution in [0.25, 0.3) is 16.7 Å². The summed E-state index contributed by atoms with van der Waals surface area (Å²) < 4.78 is 15.6. The summed E-state index contributed by atoms with van der Waals surface area (Å²) in [6.07, 6.45) is 1.49. The Morgan fingerprint density at radius 2 is 1.68 bits per heavy atom. The molecule has 0 aliphatic rings. The van der Waals surface area contributed by atoms with E-state index in [0.717, 1.165) is 10.1 Å². The van der Waals surface area contributed by atoms with Crippen LogP contribution in [-0.2, 0) is 7.05 Å². The number of hydrogen-bond acceptors (Lipinski definition) is 3. The van der Waals surface area contributed by atoms with Crippen LogP contribution in [0.2, 0.25) is 0 Å². The summed E-state index contributed by atoms with van der Waals surface area (Å²) >= 11 is 0. The van der Waals surface area contributed by atoms with Crippen molar-refractivity contribution in [2.75, 3.05) is 5.32 Å². The molecule has 0 aliphatic heterocycles. The maximum atomic E-state index is 13.2. The lowest BCUT2D eigenvalue weighted by Crippen LogP contribution is -2.34. The Bertz CT molecular complexity index is 1390. The number of aromatic nitrogens is 3. The third-order valence-electron chi connectivity index (χ3n) is 5.19. The van der Waals surface area contributed by atoms with Crippen LogP contribution >= 0.6 is 0 Å². The molecule has 0 radical (unpaired) electrons. The standard InChI is InChI=1S/C23H21FN4O3/c1-13(2)14-4-8-16(9-5-14)25-21(29)18-12-27(3)20-19(18)26-23(31)28(22(20)30)17-10-6-15(24)7-11-17/h4-13H,1-3H3,(H,25,29)(H,26,31). The highest BCUT2D eigenvalue weighted by molar-refractivity contribution is 6.11. The lowest BCUT2D eigenvalue weighted by molar-refractivity contribution is 0.102. The first kappa shape index (κ1) is 20.3. The molecule has 0 aliphatic carbocycles. The van der Waals surface area contributed by atoms with Crippen molar-refractivity contribution in [3.63, 3.8) is 0 Å². The van der Waals surface area contributed by atoms with E-state index in [1.807, 2.05) is 24.3 Å². The molecule has 0 fully saturated rings. The quantitative estimate of drug-likeness (QED) is 0.529. The van der Waals surface area contributed by atoms with Crippen LogP contribution < -0.4 is 16.6 Å². The number of aryl methyl sites for hydroxylation is 1. The summed E-state index contributed by atoms with van der Waals surface area (Å²) in [6, 6.07) is 12.5. The van der Waals surface area contributed by atoms with Crippen molar-refractivity contribution in [3.05, 3.63) is 92.5 Å². The summed E-state index contributed by atoms with van der Waals surface area (Å²) in [7, 11) is 1.62. The second kappa shape index (κ2) is 7.71. The summed E-state index contributed by atoms with van der Waals surface area (Å²) in [5, 5.41) is 2.80. The molecule has 0 unspecified atom stereocenters. The van der Waals surface area contributed by atoms with Gasteiger partial charge in [0.25, 0.3) is 11.5 Å². The van der Waals surface area contributed by atoms with Crippen LogP contribution in [0.15, 0.2) is 64.3 Å². The zero-order valence-corrected chi connectivity index (χ0v) is 17.3. The summed E-state index contributed by atoms with van der Waals surface area (Å²) in [5.41, 5.74) is 1.13. The molecule has 4 aromatic rings. The molecule has 0 bridgehead atoms. The van der Waals surface area contributed by atoms with E-state index in [4.69, 9.17) is 0 Å². The predicted octanol–water partition coefficient (Wildman–Crippen LogP) is 3.53. The Hall–Kier alpha value is -3.94. The van der Waals surface area contributed by atoms with Crippen LogP contribution in [-0.4, -0.2) is 20.0 Å². The number of carbonyl (C=O) groups excluding carboxylic acids is 1. The van der Waals surface area contributed by atoms with Crippen molar-refractivity contribution < 1.29 is 9.18 Å². The van der Waals surface area contributed by atoms with Gasteiger partial charge in [-0.1, -0.05) is 26.0 Å². The van der Waals surface area contributed by atoms with E-state index >= 15 is 0 Å². The number of fused-ring (bicyclic) bond motifs is 1. The Balaban J connectivity index is 1.76. The van der Waals surface area contributed by atoms with Crippen molar-refractivity contribution in [1.29, 1.82) is 0 Å². The van der Waals surface area contributed by atoms with E-state index in [2.05, 4.69) is 24.1 Å². The first-order valence-electron chi connectivity index (χ1n) is 9.78. The molecular weight excluding hydrogens is 399 g/mol. The monoisotopic (exact) mass is 420 g/mol. The Morgan fingerprint density at radius 3 is 2.29 bits per heavy atom. The minimum absolute atomic E-state index is 0.146. The summed E-state index contributed by atoms with van der Waals surface area (Å²) in [5.74, 6) is -0.554. The fourth-order valence-electron chi connectivity index (χ4n) is 3.52. The van der Waals surface area contributed by atoms with Crippen LogP contribution in [0.4, 0.5) is 10.1 Å². The minimum atomic E-state index is -0.717. The average molecular weight is 420 g/mol. The third kappa shape index (κ3) is 3.68. The Labute approximate surface area is 176 Å². The molecular formula is C23H21FN4O3. The van der Waals surface area contributed by atoms with Gasteiger partial charge in [-0.3, -0.25) is 9.59 Å². The smallest absolute Gasteiger partial charge is 0.333 e. The summed E-state index contributed by atoms with van der Waals surface area (Å²) in [4.78, 5) is 41.2. The number of nitrogens with zero attached hydrogens (tertiary/aromatic N) is 2. The van der Waals surface area contributed by atoms with Crippen molar-refractivity contribution >= 4 is 22.6 Å². The van der Waals surface area contributed by atoms with Crippen LogP contribution in [0, 0.1) is 5.82 Å². The highest BCUT2D eigenvalue weighted by atomic mass is 19.1. The number of H-pyrrole nitrogens is 1. The first-order valence-corrected chi connectivity index (χ1v) is 9.78. The van der Waals surface area contributed by atoms with Crippen LogP contribution in [0.1, 0.15) is 35.7 Å². The maximum Gasteiger partial charge on any atom is 0.333 e. The zero-order chi connectivity index (χ0) is 22.3. The first-order chi connectivity index (χ1) is 14.8. The van der Waals surface area contributed by atoms with E-state index < -0.39 is 23.0 Å². The van der Waals surface area contributed by atoms with E-state index in [-0.39, 0.29) is 22.3 Å². The number of hydrogen-bond donors (Lipinski definition) is 2. The van der Waals surface area contributed by atoms with Gasteiger partial charge in [-0.05, 0) is 47.9 Å². The van der Waals surface area contributed by atoms with Gasteiger partial charge in [-0.15, -0.1) is 0 Å². The second-order valence-corrected chi connectivity index (χ2v) is 7.66. The molecule has 2 heterocycles. The van der Waals surface area contributed by atoms with Gasteiger partial charge in [0.2, 0.25) is 0 Å². The van der Waals surface area contributed by atoms with E-state index in [1.54, 1.807) is 7.05 Å². The highest BCUT2D eigenvalue weighted by Crippen LogP contribution is 2.20. The van der Waals surface area contributed by atoms with Gasteiger partial charge >= 0.3 is 5.69 Å². The minimum Gasteiger partial charge on any atom is -0.344 e. The fourth-order valence-corrected chi connectivity index (χ4v) is 3.52. The number of carbonyl (C=O) groups is 1. The SMILES string of the molecule is CC(C)c1ccc(NC(=O)c2cn(C)c3c(=O)n(-c4ccc(F)cc4)c(=O)[nH]c23)cc1. The molecule has 4 rings (SSSR count). The molecule has 7 nitrogen and oxygen atoms in total. The molecule has 2 aromatic heterocycles. The predicted molar refractivity (Wildman–Crippen MR) is 118 cm³/mol. The molecule has 0 saturated heterocycles. The largest absolute Gasteiger partial charge is 0.344 e. The van der Waals surface area contributed by atoms with Crippen molar-refractivity contribution in [3.8, 4) is 5.69 Å². The number of halogens is 1. The van der Waals surface area contributed by atoms with E-state index in [0.29, 0.717) is 11.6 Å². The van der Waals surface area contributed by atoms with Crippen molar-refractivity contribution in [1.82, 2.24) is 14.1 Å². The van der Waals surface area contributed by atoms with Gasteiger partial charge in [0.05, 0.1) is 16.8 Å². The third-order valence-corrected chi connectivity index (χ3v) is 5.19. The maximum absolute atomic E-state index is 13.2. The normalized spacial score (nSPS) is 11.3. The number of rotatable bonds is 4. The molecule has 8 heteroatoms. The number of amides is 1. The lowest BCUT2D eigenvalue weighted by Gasteiger charge is -2.08. The molecule has 2 N–H and O–H groups in total. The van der Waals surface area contributed by atoms with Gasteiger partial charge in [-0.25, -0.2) is 13.8 Å². The highest BCUT2D eigenvalue weighted by Gasteiger charge is 2.20. The number of benzene rings is 2. The molecule has 1 amide bonds. The fraction of sp³-hybridized carbons (Fsp3) is 0.174. The molecule has 0 saturated carbocycles. The van der Waals surface area contributed by atoms with Crippen molar-refractivity contribution in [2.45, 2.75) is 19.8 Å². The molecule has 158 valence electrons. The van der Waals surface area contributed by atoms with Crippen LogP contribution in [0.5, 0.6) is 0 Å². The van der Waals surface area contributed by atoms with Crippen molar-refractivity contribution in [2.24, 2.45) is 7.05 Å². The number of aromatic amines is 1. The molecule has 0 spiro atoms. The van der Waals surface area contributed by atoms with E-state index in [1.165, 1.54) is 35.0 Å². The van der Waals surface area contributed by atoms with Gasteiger partial charge in [0.15, 0.2) is 0 Å². The Morgan fingerprint density at radius 1 is 1.03 bits per heavy atom. The molecule has 2 aromatic carbocycles. The average Bonchev–Trinajstić information content (AvgIpc) is 3.06. The number of nitrogens with one attached hydrogen (secondary N) is 2. The van der Waals surface area contributed by atoms with Gasteiger partial charge < -0.3 is 14.9 Å². The second-order valence-electron chi connectivity index (χ2n) is 7.66. The van der Waals surface area contributed by atoms with Gasteiger partial charge in [-0.2, -0.15) is 0 Å². The number of anilines is 1. The van der Waals surface area contributed by atoms with Gasteiger partial charge in [0.1, 0.15) is 11.3 Å². The summed E-state index contributed by atoms with van der Waals surface area (Å²) in [6.45, 7) is 4.16. The Kier molecular flexibility index (Phi) is 5.06. The van der Waals surface area contributed by atoms with Gasteiger partial charge in [0, 0.05) is 18.9 Å². The molecule has 31 heavy (non-hydrogen) atoms. The topological polar surface area (TPSA) is 88.9 Å². The molecule has 0 atom stereocenters. The lowest BCUT2D eigenvalue weighted by atomic mass is 10.0.